The standard InChI is InChI=1S/C10H7ClN4O3/c11-7-2-1-3-12-9(7)14-10(16)8-4-6(5-13-8)15(17)18/h1-5,13H,(H,12,14,16). The van der Waals surface area contributed by atoms with Crippen molar-refractivity contribution < 1.29 is 9.72 Å². The van der Waals surface area contributed by atoms with Crippen molar-refractivity contribution in [2.75, 3.05) is 5.32 Å². The fourth-order valence-corrected chi connectivity index (χ4v) is 1.44. The third-order valence-corrected chi connectivity index (χ3v) is 2.42. The molecule has 2 aromatic heterocycles. The van der Waals surface area contributed by atoms with E-state index in [0.29, 0.717) is 0 Å². The van der Waals surface area contributed by atoms with Crippen LogP contribution in [0.5, 0.6) is 0 Å². The monoisotopic (exact) mass is 266 g/mol. The summed E-state index contributed by atoms with van der Waals surface area (Å²) in [5.41, 5.74) is -0.129. The average Bonchev–Trinajstić information content (AvgIpc) is 2.81. The Labute approximate surface area is 106 Å². The molecular weight excluding hydrogens is 260 g/mol. The minimum absolute atomic E-state index is 0.0587. The summed E-state index contributed by atoms with van der Waals surface area (Å²) < 4.78 is 0. The molecule has 18 heavy (non-hydrogen) atoms. The molecule has 92 valence electrons. The van der Waals surface area contributed by atoms with Crippen LogP contribution in [-0.4, -0.2) is 20.8 Å². The Morgan fingerprint density at radius 3 is 2.94 bits per heavy atom. The van der Waals surface area contributed by atoms with E-state index in [-0.39, 0.29) is 22.2 Å². The first-order valence-electron chi connectivity index (χ1n) is 4.82. The van der Waals surface area contributed by atoms with Crippen LogP contribution in [0.4, 0.5) is 11.5 Å². The number of carbonyl (C=O) groups is 1. The van der Waals surface area contributed by atoms with Crippen LogP contribution in [0.3, 0.4) is 0 Å². The van der Waals surface area contributed by atoms with Gasteiger partial charge in [-0.25, -0.2) is 4.98 Å². The molecule has 7 nitrogen and oxygen atoms in total. The Kier molecular flexibility index (Phi) is 3.24. The lowest BCUT2D eigenvalue weighted by Gasteiger charge is -2.03. The van der Waals surface area contributed by atoms with Crippen LogP contribution in [0, 0.1) is 10.1 Å². The summed E-state index contributed by atoms with van der Waals surface area (Å²) in [4.78, 5) is 28.0. The Balaban J connectivity index is 2.17. The Bertz CT molecular complexity index is 611. The smallest absolute Gasteiger partial charge is 0.287 e. The number of anilines is 1. The van der Waals surface area contributed by atoms with E-state index in [0.717, 1.165) is 12.3 Å². The molecule has 0 atom stereocenters. The first-order valence-corrected chi connectivity index (χ1v) is 5.20. The average molecular weight is 267 g/mol. The number of amides is 1. The van der Waals surface area contributed by atoms with Crippen LogP contribution in [0.1, 0.15) is 10.5 Å². The second kappa shape index (κ2) is 4.84. The molecule has 0 aliphatic rings. The second-order valence-electron chi connectivity index (χ2n) is 3.32. The van der Waals surface area contributed by atoms with Gasteiger partial charge in [-0.3, -0.25) is 14.9 Å². The highest BCUT2D eigenvalue weighted by Gasteiger charge is 2.15. The molecule has 1 amide bonds. The van der Waals surface area contributed by atoms with Crippen molar-refractivity contribution in [3.05, 3.63) is 51.4 Å². The quantitative estimate of drug-likeness (QED) is 0.657. The third kappa shape index (κ3) is 2.46. The SMILES string of the molecule is O=C(Nc1ncccc1Cl)c1cc([N+](=O)[O-])c[nH]1. The van der Waals surface area contributed by atoms with Gasteiger partial charge in [0.2, 0.25) is 0 Å². The van der Waals surface area contributed by atoms with Crippen molar-refractivity contribution >= 4 is 29.0 Å². The van der Waals surface area contributed by atoms with Gasteiger partial charge in [0, 0.05) is 12.3 Å². The van der Waals surface area contributed by atoms with E-state index in [4.69, 9.17) is 11.6 Å². The van der Waals surface area contributed by atoms with Gasteiger partial charge in [-0.05, 0) is 12.1 Å². The van der Waals surface area contributed by atoms with E-state index in [1.54, 1.807) is 12.1 Å². The molecular formula is C10H7ClN4O3. The highest BCUT2D eigenvalue weighted by molar-refractivity contribution is 6.33. The van der Waals surface area contributed by atoms with Crippen LogP contribution >= 0.6 is 11.6 Å². The zero-order valence-corrected chi connectivity index (χ0v) is 9.64. The van der Waals surface area contributed by atoms with Crippen molar-refractivity contribution in [1.29, 1.82) is 0 Å². The van der Waals surface area contributed by atoms with Gasteiger partial charge in [-0.1, -0.05) is 11.6 Å². The first-order chi connectivity index (χ1) is 8.58. The zero-order chi connectivity index (χ0) is 13.1. The van der Waals surface area contributed by atoms with Crippen molar-refractivity contribution in [3.8, 4) is 0 Å². The second-order valence-corrected chi connectivity index (χ2v) is 3.72. The molecule has 0 fully saturated rings. The lowest BCUT2D eigenvalue weighted by molar-refractivity contribution is -0.384. The van der Waals surface area contributed by atoms with Gasteiger partial charge in [-0.2, -0.15) is 0 Å². The molecule has 0 aromatic carbocycles. The van der Waals surface area contributed by atoms with Gasteiger partial charge >= 0.3 is 0 Å². The lowest BCUT2D eigenvalue weighted by atomic mass is 10.3. The Hall–Kier alpha value is -2.41. The highest BCUT2D eigenvalue weighted by Crippen LogP contribution is 2.19. The molecule has 0 aliphatic carbocycles. The molecule has 0 aliphatic heterocycles. The van der Waals surface area contributed by atoms with Crippen LogP contribution in [0.15, 0.2) is 30.6 Å². The Morgan fingerprint density at radius 1 is 1.56 bits per heavy atom. The number of hydrogen-bond donors (Lipinski definition) is 2. The molecule has 0 unspecified atom stereocenters. The van der Waals surface area contributed by atoms with Crippen LogP contribution < -0.4 is 5.32 Å². The number of carbonyl (C=O) groups excluding carboxylic acids is 1. The summed E-state index contributed by atoms with van der Waals surface area (Å²) in [6, 6.07) is 4.32. The fraction of sp³-hybridized carbons (Fsp3) is 0. The first kappa shape index (κ1) is 12.1. The lowest BCUT2D eigenvalue weighted by Crippen LogP contribution is -2.13. The minimum Gasteiger partial charge on any atom is -0.351 e. The van der Waals surface area contributed by atoms with E-state index in [1.165, 1.54) is 6.20 Å². The Morgan fingerprint density at radius 2 is 2.33 bits per heavy atom. The van der Waals surface area contributed by atoms with Crippen molar-refractivity contribution in [2.24, 2.45) is 0 Å². The number of nitro groups is 1. The molecule has 2 heterocycles. The topological polar surface area (TPSA) is 101 Å². The molecule has 0 radical (unpaired) electrons. The molecule has 0 saturated carbocycles. The summed E-state index contributed by atoms with van der Waals surface area (Å²) in [5.74, 6) is -0.356. The number of aromatic amines is 1. The van der Waals surface area contributed by atoms with Crippen LogP contribution in [0.2, 0.25) is 5.02 Å². The maximum absolute atomic E-state index is 11.7. The molecule has 0 spiro atoms. The van der Waals surface area contributed by atoms with Gasteiger partial charge < -0.3 is 10.3 Å². The van der Waals surface area contributed by atoms with E-state index in [2.05, 4.69) is 15.3 Å². The number of nitrogens with one attached hydrogen (secondary N) is 2. The summed E-state index contributed by atoms with van der Waals surface area (Å²) >= 11 is 5.82. The van der Waals surface area contributed by atoms with Crippen molar-refractivity contribution in [3.63, 3.8) is 0 Å². The van der Waals surface area contributed by atoms with Gasteiger partial charge in [0.15, 0.2) is 5.82 Å². The number of hydrogen-bond acceptors (Lipinski definition) is 4. The molecule has 2 rings (SSSR count). The maximum atomic E-state index is 11.7. The van der Waals surface area contributed by atoms with Gasteiger partial charge in [0.1, 0.15) is 5.69 Å². The summed E-state index contributed by atoms with van der Waals surface area (Å²) in [5, 5.41) is 13.2. The summed E-state index contributed by atoms with van der Waals surface area (Å²) in [6.45, 7) is 0. The number of nitrogens with zero attached hydrogens (tertiary/aromatic N) is 2. The number of halogens is 1. The normalized spacial score (nSPS) is 10.1. The molecule has 0 bridgehead atoms. The van der Waals surface area contributed by atoms with Gasteiger partial charge in [-0.15, -0.1) is 0 Å². The largest absolute Gasteiger partial charge is 0.351 e. The highest BCUT2D eigenvalue weighted by atomic mass is 35.5. The zero-order valence-electron chi connectivity index (χ0n) is 8.88. The van der Waals surface area contributed by atoms with Crippen LogP contribution in [-0.2, 0) is 0 Å². The van der Waals surface area contributed by atoms with Crippen molar-refractivity contribution in [1.82, 2.24) is 9.97 Å². The minimum atomic E-state index is -0.596. The summed E-state index contributed by atoms with van der Waals surface area (Å²) in [6.07, 6.45) is 2.60. The predicted octanol–water partition coefficient (Wildman–Crippen LogP) is 2.22. The van der Waals surface area contributed by atoms with Crippen LogP contribution in [0.25, 0.3) is 0 Å². The van der Waals surface area contributed by atoms with E-state index >= 15 is 0 Å². The molecule has 8 heteroatoms. The van der Waals surface area contributed by atoms with E-state index in [1.807, 2.05) is 0 Å². The number of H-pyrrole nitrogens is 1. The maximum Gasteiger partial charge on any atom is 0.287 e. The number of pyridine rings is 1. The van der Waals surface area contributed by atoms with Crippen molar-refractivity contribution in [2.45, 2.75) is 0 Å². The van der Waals surface area contributed by atoms with E-state index < -0.39 is 10.8 Å². The molecule has 0 saturated heterocycles. The predicted molar refractivity (Wildman–Crippen MR) is 64.6 cm³/mol. The number of aromatic nitrogens is 2. The fourth-order valence-electron chi connectivity index (χ4n) is 1.27. The number of rotatable bonds is 3. The molecule has 2 N–H and O–H groups in total. The van der Waals surface area contributed by atoms with E-state index in [9.17, 15) is 14.9 Å². The van der Waals surface area contributed by atoms with Gasteiger partial charge in [0.05, 0.1) is 16.1 Å². The summed E-state index contributed by atoms with van der Waals surface area (Å²) in [7, 11) is 0. The third-order valence-electron chi connectivity index (χ3n) is 2.11. The molecule has 2 aromatic rings. The van der Waals surface area contributed by atoms with Gasteiger partial charge in [0.25, 0.3) is 11.6 Å².